The van der Waals surface area contributed by atoms with E-state index in [0.29, 0.717) is 19.5 Å². The number of piperazine rings is 1. The average Bonchev–Trinajstić information content (AvgIpc) is 3.21. The second-order valence-electron chi connectivity index (χ2n) is 8.39. The van der Waals surface area contributed by atoms with Crippen LogP contribution < -0.4 is 9.64 Å². The van der Waals surface area contributed by atoms with E-state index in [0.717, 1.165) is 29.2 Å². The van der Waals surface area contributed by atoms with E-state index in [-0.39, 0.29) is 13.1 Å². The van der Waals surface area contributed by atoms with Gasteiger partial charge < -0.3 is 19.6 Å². The molecule has 13 heteroatoms. The Morgan fingerprint density at radius 1 is 1.17 bits per heavy atom. The van der Waals surface area contributed by atoms with E-state index in [1.54, 1.807) is 0 Å². The number of alkyl halides is 3. The summed E-state index contributed by atoms with van der Waals surface area (Å²) < 4.78 is 62.5. The van der Waals surface area contributed by atoms with Gasteiger partial charge in [0.05, 0.1) is 11.0 Å². The van der Waals surface area contributed by atoms with Crippen molar-refractivity contribution in [3.8, 4) is 11.5 Å². The molecule has 2 aliphatic rings. The molecule has 1 N–H and O–H groups in total. The zero-order chi connectivity index (χ0) is 25.5. The number of benzene rings is 2. The fraction of sp³-hybridized carbons (Fsp3) is 0.409. The number of rotatable bonds is 5. The van der Waals surface area contributed by atoms with E-state index in [1.165, 1.54) is 24.1 Å². The Hall–Kier alpha value is -3.61. The molecule has 0 unspecified atom stereocenters. The monoisotopic (exact) mass is 498 g/mol. The van der Waals surface area contributed by atoms with Gasteiger partial charge in [0.15, 0.2) is 11.6 Å². The van der Waals surface area contributed by atoms with Crippen molar-refractivity contribution in [3.63, 3.8) is 0 Å². The van der Waals surface area contributed by atoms with Crippen molar-refractivity contribution in [1.29, 1.82) is 0 Å². The Balaban J connectivity index is 1.80. The van der Waals surface area contributed by atoms with E-state index in [1.807, 2.05) is 4.90 Å². The summed E-state index contributed by atoms with van der Waals surface area (Å²) in [7, 11) is 1.39. The number of para-hydroxylation sites is 1. The summed E-state index contributed by atoms with van der Waals surface area (Å²) >= 11 is 0. The third kappa shape index (κ3) is 4.67. The molecule has 2 saturated heterocycles. The van der Waals surface area contributed by atoms with Crippen LogP contribution in [0.15, 0.2) is 36.4 Å². The minimum atomic E-state index is -5.06. The lowest BCUT2D eigenvalue weighted by Gasteiger charge is -2.42. The van der Waals surface area contributed by atoms with Gasteiger partial charge in [0.2, 0.25) is 0 Å². The van der Waals surface area contributed by atoms with E-state index in [2.05, 4.69) is 0 Å². The summed E-state index contributed by atoms with van der Waals surface area (Å²) in [6.45, 7) is 0.843. The first-order valence-electron chi connectivity index (χ1n) is 10.7. The number of anilines is 1. The molecular weight excluding hydrogens is 476 g/mol. The zero-order valence-electron chi connectivity index (χ0n) is 18.5. The number of ether oxygens (including phenoxy) is 1. The van der Waals surface area contributed by atoms with Crippen LogP contribution in [0.3, 0.4) is 0 Å². The first-order chi connectivity index (χ1) is 16.5. The molecule has 2 atom stereocenters. The molecule has 9 nitrogen and oxygen atoms in total. The number of carbonyl (C=O) groups is 1. The van der Waals surface area contributed by atoms with Gasteiger partial charge in [-0.25, -0.2) is 9.18 Å². The minimum absolute atomic E-state index is 0.0487. The van der Waals surface area contributed by atoms with Crippen LogP contribution in [-0.2, 0) is 6.18 Å². The first-order valence-corrected chi connectivity index (χ1v) is 10.7. The predicted octanol–water partition coefficient (Wildman–Crippen LogP) is 4.42. The van der Waals surface area contributed by atoms with Gasteiger partial charge >= 0.3 is 12.3 Å². The maximum atomic E-state index is 14.4. The van der Waals surface area contributed by atoms with Crippen molar-refractivity contribution >= 4 is 17.5 Å². The number of nitrogens with zero attached hydrogens (tertiary/aromatic N) is 4. The van der Waals surface area contributed by atoms with E-state index in [9.17, 15) is 37.6 Å². The largest absolute Gasteiger partial charge is 0.465 e. The van der Waals surface area contributed by atoms with Crippen LogP contribution in [0.25, 0.3) is 0 Å². The molecule has 188 valence electrons. The van der Waals surface area contributed by atoms with Gasteiger partial charge in [-0.1, -0.05) is 12.1 Å². The van der Waals surface area contributed by atoms with Crippen LogP contribution in [0, 0.1) is 15.9 Å². The maximum absolute atomic E-state index is 14.4. The van der Waals surface area contributed by atoms with Gasteiger partial charge in [0, 0.05) is 45.3 Å². The Labute approximate surface area is 197 Å². The van der Waals surface area contributed by atoms with Crippen LogP contribution in [0.1, 0.15) is 12.0 Å². The molecule has 2 aliphatic heterocycles. The van der Waals surface area contributed by atoms with Crippen LogP contribution in [0.5, 0.6) is 11.5 Å². The predicted molar refractivity (Wildman–Crippen MR) is 116 cm³/mol. The number of fused-ring (bicyclic) bond motifs is 1. The Bertz CT molecular complexity index is 1150. The van der Waals surface area contributed by atoms with Crippen LogP contribution in [-0.4, -0.2) is 71.2 Å². The second kappa shape index (κ2) is 9.21. The SMILES string of the molecule is CN(C(=O)O)[C@@H]1CCN2CCN(c3c([N+](=O)[O-])ccc(Oc4ccccc4F)c3C(F)(F)F)C[C@@H]12. The highest BCUT2D eigenvalue weighted by Gasteiger charge is 2.47. The fourth-order valence-corrected chi connectivity index (χ4v) is 4.81. The number of hydrogen-bond donors (Lipinski definition) is 1. The Morgan fingerprint density at radius 3 is 2.51 bits per heavy atom. The molecule has 0 aromatic heterocycles. The van der Waals surface area contributed by atoms with Gasteiger partial charge in [-0.05, 0) is 24.6 Å². The molecular formula is C22H22F4N4O5. The maximum Gasteiger partial charge on any atom is 0.422 e. The molecule has 0 aliphatic carbocycles. The highest BCUT2D eigenvalue weighted by Crippen LogP contribution is 2.49. The average molecular weight is 498 g/mol. The second-order valence-corrected chi connectivity index (χ2v) is 8.39. The number of nitro benzene ring substituents is 1. The molecule has 2 aromatic carbocycles. The van der Waals surface area contributed by atoms with Gasteiger partial charge in [-0.2, -0.15) is 13.2 Å². The molecule has 2 fully saturated rings. The van der Waals surface area contributed by atoms with E-state index < -0.39 is 63.5 Å². The Morgan fingerprint density at radius 2 is 1.89 bits per heavy atom. The Kier molecular flexibility index (Phi) is 6.45. The molecule has 2 aromatic rings. The normalized spacial score (nSPS) is 20.4. The summed E-state index contributed by atoms with van der Waals surface area (Å²) in [5, 5.41) is 21.2. The highest BCUT2D eigenvalue weighted by molar-refractivity contribution is 5.73. The first kappa shape index (κ1) is 24.5. The van der Waals surface area contributed by atoms with Crippen LogP contribution in [0.4, 0.5) is 33.7 Å². The third-order valence-electron chi connectivity index (χ3n) is 6.46. The standard InChI is InChI=1S/C22H22F4N4O5/c1-27(21(31)32)14-8-9-28-10-11-29(12-16(14)28)20-15(30(33)34)6-7-18(19(20)22(24,25)26)35-17-5-3-2-4-13(17)23/h2-7,14,16H,8-12H2,1H3,(H,31,32)/t14-,16+/m1/s1. The summed E-state index contributed by atoms with van der Waals surface area (Å²) in [4.78, 5) is 26.7. The third-order valence-corrected chi connectivity index (χ3v) is 6.46. The quantitative estimate of drug-likeness (QED) is 0.370. The van der Waals surface area contributed by atoms with Crippen molar-refractivity contribution in [2.24, 2.45) is 0 Å². The summed E-state index contributed by atoms with van der Waals surface area (Å²) in [6, 6.07) is 5.68. The zero-order valence-corrected chi connectivity index (χ0v) is 18.5. The number of carboxylic acid groups (broad SMARTS) is 1. The highest BCUT2D eigenvalue weighted by atomic mass is 19.4. The van der Waals surface area contributed by atoms with Gasteiger partial charge in [-0.15, -0.1) is 0 Å². The van der Waals surface area contributed by atoms with Crippen molar-refractivity contribution in [2.45, 2.75) is 24.7 Å². The van der Waals surface area contributed by atoms with Crippen molar-refractivity contribution in [2.75, 3.05) is 38.1 Å². The van der Waals surface area contributed by atoms with Crippen LogP contribution in [0.2, 0.25) is 0 Å². The molecule has 0 radical (unpaired) electrons. The molecule has 35 heavy (non-hydrogen) atoms. The van der Waals surface area contributed by atoms with Gasteiger partial charge in [0.1, 0.15) is 17.0 Å². The molecule has 4 rings (SSSR count). The van der Waals surface area contributed by atoms with Crippen molar-refractivity contribution in [3.05, 3.63) is 57.9 Å². The fourth-order valence-electron chi connectivity index (χ4n) is 4.81. The molecule has 0 saturated carbocycles. The summed E-state index contributed by atoms with van der Waals surface area (Å²) in [6.07, 6.45) is -5.74. The summed E-state index contributed by atoms with van der Waals surface area (Å²) in [5.41, 5.74) is -2.84. The van der Waals surface area contributed by atoms with E-state index >= 15 is 0 Å². The lowest BCUT2D eigenvalue weighted by Crippen LogP contribution is -2.57. The molecule has 1 amide bonds. The number of likely N-dealkylation sites (N-methyl/N-ethyl adjacent to an activating group) is 1. The summed E-state index contributed by atoms with van der Waals surface area (Å²) in [5.74, 6) is -2.11. The molecule has 0 bridgehead atoms. The minimum Gasteiger partial charge on any atom is -0.465 e. The number of nitro groups is 1. The van der Waals surface area contributed by atoms with Gasteiger partial charge in [0.25, 0.3) is 5.69 Å². The smallest absolute Gasteiger partial charge is 0.422 e. The van der Waals surface area contributed by atoms with Crippen LogP contribution >= 0.6 is 0 Å². The van der Waals surface area contributed by atoms with Crippen molar-refractivity contribution < 1.29 is 37.1 Å². The van der Waals surface area contributed by atoms with E-state index in [4.69, 9.17) is 4.74 Å². The molecule has 2 heterocycles. The van der Waals surface area contributed by atoms with Crippen molar-refractivity contribution in [1.82, 2.24) is 9.80 Å². The lowest BCUT2D eigenvalue weighted by molar-refractivity contribution is -0.384. The molecule has 0 spiro atoms. The lowest BCUT2D eigenvalue weighted by atomic mass is 10.0. The number of amides is 1. The number of halogens is 4. The number of hydrogen-bond acceptors (Lipinski definition) is 6. The van der Waals surface area contributed by atoms with Gasteiger partial charge in [-0.3, -0.25) is 15.0 Å². The topological polar surface area (TPSA) is 99.4 Å².